The molecular formula is C20H20F2N2O5. The zero-order valence-corrected chi connectivity index (χ0v) is 15.7. The standard InChI is InChI=1S/C20H20F2N2O5/c1-27-19(25)15-4-2-3-5-17(15)23-20(26)24-8-9-28-14(11-24)12-29-18-10-13(21)6-7-16(18)22/h2-7,10,14H,8-9,11-12H2,1H3,(H,23,26). The smallest absolute Gasteiger partial charge is 0.339 e. The highest BCUT2D eigenvalue weighted by atomic mass is 19.1. The average molecular weight is 406 g/mol. The van der Waals surface area contributed by atoms with Crippen LogP contribution in [0.4, 0.5) is 19.3 Å². The summed E-state index contributed by atoms with van der Waals surface area (Å²) in [5, 5.41) is 2.69. The summed E-state index contributed by atoms with van der Waals surface area (Å²) in [5.41, 5.74) is 0.559. The summed E-state index contributed by atoms with van der Waals surface area (Å²) in [6, 6.07) is 8.99. The molecule has 0 bridgehead atoms. The number of benzene rings is 2. The molecule has 154 valence electrons. The first-order valence-corrected chi connectivity index (χ1v) is 8.90. The van der Waals surface area contributed by atoms with Crippen molar-refractivity contribution in [2.24, 2.45) is 0 Å². The lowest BCUT2D eigenvalue weighted by Gasteiger charge is -2.33. The van der Waals surface area contributed by atoms with E-state index in [0.717, 1.165) is 18.2 Å². The maximum atomic E-state index is 13.7. The Hall–Kier alpha value is -3.20. The van der Waals surface area contributed by atoms with E-state index in [1.807, 2.05) is 0 Å². The van der Waals surface area contributed by atoms with Gasteiger partial charge in [0, 0.05) is 12.6 Å². The first kappa shape index (κ1) is 20.5. The molecule has 1 aliphatic rings. The molecule has 1 heterocycles. The van der Waals surface area contributed by atoms with Gasteiger partial charge in [-0.3, -0.25) is 0 Å². The molecular weight excluding hydrogens is 386 g/mol. The number of morpholine rings is 1. The van der Waals surface area contributed by atoms with E-state index in [1.165, 1.54) is 12.0 Å². The van der Waals surface area contributed by atoms with Crippen LogP contribution in [0.15, 0.2) is 42.5 Å². The van der Waals surface area contributed by atoms with E-state index in [2.05, 4.69) is 5.32 Å². The Balaban J connectivity index is 1.60. The van der Waals surface area contributed by atoms with E-state index in [4.69, 9.17) is 14.2 Å². The Morgan fingerprint density at radius 1 is 1.24 bits per heavy atom. The van der Waals surface area contributed by atoms with Crippen molar-refractivity contribution < 1.29 is 32.6 Å². The van der Waals surface area contributed by atoms with Gasteiger partial charge in [0.1, 0.15) is 18.5 Å². The normalized spacial score (nSPS) is 16.2. The van der Waals surface area contributed by atoms with Crippen molar-refractivity contribution in [3.63, 3.8) is 0 Å². The van der Waals surface area contributed by atoms with Crippen molar-refractivity contribution in [1.82, 2.24) is 4.90 Å². The predicted molar refractivity (Wildman–Crippen MR) is 100.0 cm³/mol. The fourth-order valence-corrected chi connectivity index (χ4v) is 2.85. The monoisotopic (exact) mass is 406 g/mol. The number of methoxy groups -OCH3 is 1. The number of amides is 2. The van der Waals surface area contributed by atoms with Crippen LogP contribution in [0.25, 0.3) is 0 Å². The number of ether oxygens (including phenoxy) is 3. The van der Waals surface area contributed by atoms with Crippen LogP contribution in [-0.2, 0) is 9.47 Å². The summed E-state index contributed by atoms with van der Waals surface area (Å²) in [6.07, 6.45) is -0.520. The van der Waals surface area contributed by atoms with Crippen molar-refractivity contribution in [3.8, 4) is 5.75 Å². The minimum Gasteiger partial charge on any atom is -0.488 e. The molecule has 1 N–H and O–H groups in total. The summed E-state index contributed by atoms with van der Waals surface area (Å²) < 4.78 is 42.5. The molecule has 3 rings (SSSR count). The molecule has 2 aromatic rings. The Labute approximate surface area is 166 Å². The van der Waals surface area contributed by atoms with E-state index in [0.29, 0.717) is 12.2 Å². The van der Waals surface area contributed by atoms with E-state index in [-0.39, 0.29) is 31.1 Å². The second kappa shape index (κ2) is 9.33. The van der Waals surface area contributed by atoms with Crippen molar-refractivity contribution in [3.05, 3.63) is 59.7 Å². The van der Waals surface area contributed by atoms with Crippen LogP contribution in [0, 0.1) is 11.6 Å². The number of halogens is 2. The molecule has 1 aliphatic heterocycles. The van der Waals surface area contributed by atoms with Crippen LogP contribution in [-0.4, -0.2) is 56.4 Å². The predicted octanol–water partition coefficient (Wildman–Crippen LogP) is 3.06. The van der Waals surface area contributed by atoms with Gasteiger partial charge in [0.25, 0.3) is 0 Å². The SMILES string of the molecule is COC(=O)c1ccccc1NC(=O)N1CCOC(COc2cc(F)ccc2F)C1. The Morgan fingerprint density at radius 3 is 2.83 bits per heavy atom. The van der Waals surface area contributed by atoms with Gasteiger partial charge in [-0.1, -0.05) is 12.1 Å². The zero-order valence-electron chi connectivity index (χ0n) is 15.7. The van der Waals surface area contributed by atoms with Gasteiger partial charge in [-0.15, -0.1) is 0 Å². The molecule has 9 heteroatoms. The van der Waals surface area contributed by atoms with Crippen LogP contribution in [0.5, 0.6) is 5.75 Å². The number of rotatable bonds is 5. The van der Waals surface area contributed by atoms with Crippen LogP contribution < -0.4 is 10.1 Å². The number of carbonyl (C=O) groups is 2. The third-order valence-corrected chi connectivity index (χ3v) is 4.32. The molecule has 1 atom stereocenters. The molecule has 2 amide bonds. The molecule has 29 heavy (non-hydrogen) atoms. The molecule has 1 fully saturated rings. The van der Waals surface area contributed by atoms with Crippen LogP contribution in [0.3, 0.4) is 0 Å². The Bertz CT molecular complexity index is 893. The van der Waals surface area contributed by atoms with Gasteiger partial charge < -0.3 is 24.4 Å². The molecule has 0 spiro atoms. The number of hydrogen-bond donors (Lipinski definition) is 1. The van der Waals surface area contributed by atoms with Crippen molar-refractivity contribution in [2.75, 3.05) is 38.7 Å². The number of nitrogens with zero attached hydrogens (tertiary/aromatic N) is 1. The number of esters is 1. The first-order chi connectivity index (χ1) is 14.0. The fourth-order valence-electron chi connectivity index (χ4n) is 2.85. The fraction of sp³-hybridized carbons (Fsp3) is 0.300. The van der Waals surface area contributed by atoms with Crippen molar-refractivity contribution in [2.45, 2.75) is 6.10 Å². The minimum atomic E-state index is -0.684. The lowest BCUT2D eigenvalue weighted by molar-refractivity contribution is -0.0342. The number of urea groups is 1. The summed E-state index contributed by atoms with van der Waals surface area (Å²) in [7, 11) is 1.26. The number of hydrogen-bond acceptors (Lipinski definition) is 5. The van der Waals surface area contributed by atoms with Gasteiger partial charge in [-0.05, 0) is 24.3 Å². The van der Waals surface area contributed by atoms with Gasteiger partial charge >= 0.3 is 12.0 Å². The van der Waals surface area contributed by atoms with Gasteiger partial charge in [-0.25, -0.2) is 18.4 Å². The van der Waals surface area contributed by atoms with Crippen molar-refractivity contribution in [1.29, 1.82) is 0 Å². The first-order valence-electron chi connectivity index (χ1n) is 8.90. The van der Waals surface area contributed by atoms with Crippen LogP contribution >= 0.6 is 0 Å². The lowest BCUT2D eigenvalue weighted by atomic mass is 10.2. The van der Waals surface area contributed by atoms with E-state index < -0.39 is 29.7 Å². The van der Waals surface area contributed by atoms with Gasteiger partial charge in [0.05, 0.1) is 31.5 Å². The molecule has 7 nitrogen and oxygen atoms in total. The van der Waals surface area contributed by atoms with Crippen LogP contribution in [0.2, 0.25) is 0 Å². The molecule has 0 aliphatic carbocycles. The summed E-state index contributed by atoms with van der Waals surface area (Å²) in [4.78, 5) is 25.9. The molecule has 0 aromatic heterocycles. The van der Waals surface area contributed by atoms with Gasteiger partial charge in [0.2, 0.25) is 0 Å². The Morgan fingerprint density at radius 2 is 2.03 bits per heavy atom. The molecule has 0 saturated carbocycles. The van der Waals surface area contributed by atoms with Crippen LogP contribution in [0.1, 0.15) is 10.4 Å². The largest absolute Gasteiger partial charge is 0.488 e. The summed E-state index contributed by atoms with van der Waals surface area (Å²) in [6.45, 7) is 0.717. The van der Waals surface area contributed by atoms with E-state index >= 15 is 0 Å². The third kappa shape index (κ3) is 5.20. The topological polar surface area (TPSA) is 77.1 Å². The third-order valence-electron chi connectivity index (χ3n) is 4.32. The zero-order chi connectivity index (χ0) is 20.8. The maximum absolute atomic E-state index is 13.7. The number of nitrogens with one attached hydrogen (secondary N) is 1. The molecule has 1 saturated heterocycles. The Kier molecular flexibility index (Phi) is 6.61. The number of anilines is 1. The second-order valence-electron chi connectivity index (χ2n) is 6.29. The second-order valence-corrected chi connectivity index (χ2v) is 6.29. The van der Waals surface area contributed by atoms with Crippen molar-refractivity contribution >= 4 is 17.7 Å². The van der Waals surface area contributed by atoms with E-state index in [9.17, 15) is 18.4 Å². The molecule has 1 unspecified atom stereocenters. The summed E-state index contributed by atoms with van der Waals surface area (Å²) >= 11 is 0. The van der Waals surface area contributed by atoms with E-state index in [1.54, 1.807) is 24.3 Å². The minimum absolute atomic E-state index is 0.0527. The highest BCUT2D eigenvalue weighted by Gasteiger charge is 2.26. The average Bonchev–Trinajstić information content (AvgIpc) is 2.74. The summed E-state index contributed by atoms with van der Waals surface area (Å²) in [5.74, 6) is -2.08. The lowest BCUT2D eigenvalue weighted by Crippen LogP contribution is -2.49. The van der Waals surface area contributed by atoms with Gasteiger partial charge in [0.15, 0.2) is 11.6 Å². The number of carbonyl (C=O) groups excluding carboxylic acids is 2. The maximum Gasteiger partial charge on any atom is 0.339 e. The number of para-hydroxylation sites is 1. The quantitative estimate of drug-likeness (QED) is 0.773. The molecule has 0 radical (unpaired) electrons. The molecule has 2 aromatic carbocycles. The van der Waals surface area contributed by atoms with Gasteiger partial charge in [-0.2, -0.15) is 0 Å². The highest BCUT2D eigenvalue weighted by molar-refractivity contribution is 6.00. The highest BCUT2D eigenvalue weighted by Crippen LogP contribution is 2.20.